The van der Waals surface area contributed by atoms with Crippen molar-refractivity contribution in [2.45, 2.75) is 6.42 Å². The molecule has 1 aromatic rings. The van der Waals surface area contributed by atoms with Crippen molar-refractivity contribution in [1.29, 1.82) is 0 Å². The lowest BCUT2D eigenvalue weighted by Gasteiger charge is -2.00. The highest BCUT2D eigenvalue weighted by atomic mass is 19.1. The molecule has 0 spiro atoms. The van der Waals surface area contributed by atoms with Crippen LogP contribution in [-0.2, 0) is 6.42 Å². The lowest BCUT2D eigenvalue weighted by molar-refractivity contribution is 0.315. The number of hydrogen-bond acceptors (Lipinski definition) is 4. The Bertz CT molecular complexity index is 364. The number of oxime groups is 2. The molecule has 2 N–H and O–H groups in total. The molecule has 0 aliphatic heterocycles. The maximum Gasteiger partial charge on any atom is 0.126 e. The van der Waals surface area contributed by atoms with Crippen molar-refractivity contribution in [1.82, 2.24) is 0 Å². The van der Waals surface area contributed by atoms with Crippen molar-refractivity contribution in [3.8, 4) is 0 Å². The Kier molecular flexibility index (Phi) is 3.60. The van der Waals surface area contributed by atoms with Crippen molar-refractivity contribution in [3.05, 3.63) is 35.6 Å². The van der Waals surface area contributed by atoms with Crippen LogP contribution in [-0.4, -0.2) is 22.3 Å². The van der Waals surface area contributed by atoms with E-state index in [4.69, 9.17) is 10.4 Å². The third kappa shape index (κ3) is 2.55. The van der Waals surface area contributed by atoms with Crippen LogP contribution >= 0.6 is 0 Å². The number of benzene rings is 1. The van der Waals surface area contributed by atoms with Crippen LogP contribution in [0, 0.1) is 5.82 Å². The Labute approximate surface area is 80.0 Å². The molecule has 0 saturated carbocycles. The van der Waals surface area contributed by atoms with Gasteiger partial charge < -0.3 is 10.4 Å². The van der Waals surface area contributed by atoms with Crippen LogP contribution in [0.25, 0.3) is 0 Å². The second kappa shape index (κ2) is 4.96. The van der Waals surface area contributed by atoms with Gasteiger partial charge in [0.2, 0.25) is 0 Å². The fourth-order valence-electron chi connectivity index (χ4n) is 1.01. The fraction of sp³-hybridized carbons (Fsp3) is 0.111. The molecule has 0 aliphatic carbocycles. The van der Waals surface area contributed by atoms with Crippen molar-refractivity contribution >= 4 is 11.9 Å². The number of hydrogen-bond donors (Lipinski definition) is 2. The topological polar surface area (TPSA) is 65.2 Å². The quantitative estimate of drug-likeness (QED) is 0.438. The molecule has 14 heavy (non-hydrogen) atoms. The van der Waals surface area contributed by atoms with Gasteiger partial charge in [0.1, 0.15) is 11.5 Å². The summed E-state index contributed by atoms with van der Waals surface area (Å²) >= 11 is 0. The second-order valence-corrected chi connectivity index (χ2v) is 2.60. The van der Waals surface area contributed by atoms with Crippen molar-refractivity contribution in [2.24, 2.45) is 10.3 Å². The second-order valence-electron chi connectivity index (χ2n) is 2.60. The normalized spacial score (nSPS) is 12.2. The molecule has 0 fully saturated rings. The van der Waals surface area contributed by atoms with Gasteiger partial charge in [-0.3, -0.25) is 0 Å². The molecule has 0 aromatic heterocycles. The fourth-order valence-corrected chi connectivity index (χ4v) is 1.01. The van der Waals surface area contributed by atoms with E-state index in [9.17, 15) is 4.39 Å². The molecule has 0 aliphatic rings. The molecule has 1 rings (SSSR count). The summed E-state index contributed by atoms with van der Waals surface area (Å²) in [6, 6.07) is 6.10. The average molecular weight is 196 g/mol. The molecule has 0 amide bonds. The van der Waals surface area contributed by atoms with Crippen molar-refractivity contribution < 1.29 is 14.8 Å². The lowest BCUT2D eigenvalue weighted by atomic mass is 10.1. The van der Waals surface area contributed by atoms with Gasteiger partial charge >= 0.3 is 0 Å². The molecule has 4 nitrogen and oxygen atoms in total. The van der Waals surface area contributed by atoms with E-state index in [-0.39, 0.29) is 17.9 Å². The standard InChI is InChI=1S/C9H9FN2O2/c10-9-4-2-1-3-7(9)5-8(12-14)6-11-13/h1-4,6,13-14H,5H2. The molecule has 0 unspecified atom stereocenters. The summed E-state index contributed by atoms with van der Waals surface area (Å²) < 4.78 is 13.1. The van der Waals surface area contributed by atoms with Gasteiger partial charge in [-0.05, 0) is 11.6 Å². The zero-order chi connectivity index (χ0) is 10.4. The Morgan fingerprint density at radius 2 is 2.07 bits per heavy atom. The molecular formula is C9H9FN2O2. The Balaban J connectivity index is 2.83. The SMILES string of the molecule is ON=CC(Cc1ccccc1F)=NO. The van der Waals surface area contributed by atoms with Crippen LogP contribution in [0.1, 0.15) is 5.56 Å². The maximum absolute atomic E-state index is 13.1. The van der Waals surface area contributed by atoms with Crippen LogP contribution in [0.2, 0.25) is 0 Å². The summed E-state index contributed by atoms with van der Waals surface area (Å²) in [6.45, 7) is 0. The summed E-state index contributed by atoms with van der Waals surface area (Å²) in [7, 11) is 0. The van der Waals surface area contributed by atoms with E-state index >= 15 is 0 Å². The van der Waals surface area contributed by atoms with E-state index in [0.29, 0.717) is 5.56 Å². The smallest absolute Gasteiger partial charge is 0.126 e. The minimum atomic E-state index is -0.389. The van der Waals surface area contributed by atoms with Crippen LogP contribution in [0.4, 0.5) is 4.39 Å². The van der Waals surface area contributed by atoms with Gasteiger partial charge in [0, 0.05) is 6.42 Å². The highest BCUT2D eigenvalue weighted by molar-refractivity contribution is 6.30. The van der Waals surface area contributed by atoms with E-state index in [2.05, 4.69) is 10.3 Å². The van der Waals surface area contributed by atoms with Crippen LogP contribution in [0.15, 0.2) is 34.6 Å². The van der Waals surface area contributed by atoms with Gasteiger partial charge in [-0.1, -0.05) is 28.5 Å². The van der Waals surface area contributed by atoms with E-state index in [1.165, 1.54) is 6.07 Å². The first kappa shape index (κ1) is 10.2. The van der Waals surface area contributed by atoms with Gasteiger partial charge in [0.25, 0.3) is 0 Å². The minimum Gasteiger partial charge on any atom is -0.411 e. The molecule has 0 bridgehead atoms. The van der Waals surface area contributed by atoms with Gasteiger partial charge in [-0.15, -0.1) is 0 Å². The highest BCUT2D eigenvalue weighted by Gasteiger charge is 2.04. The third-order valence-corrected chi connectivity index (χ3v) is 1.66. The van der Waals surface area contributed by atoms with Gasteiger partial charge in [-0.2, -0.15) is 0 Å². The predicted molar refractivity (Wildman–Crippen MR) is 49.6 cm³/mol. The van der Waals surface area contributed by atoms with E-state index in [0.717, 1.165) is 6.21 Å². The van der Waals surface area contributed by atoms with Crippen LogP contribution in [0.5, 0.6) is 0 Å². The highest BCUT2D eigenvalue weighted by Crippen LogP contribution is 2.07. The molecular weight excluding hydrogens is 187 g/mol. The average Bonchev–Trinajstić information content (AvgIpc) is 2.20. The molecule has 0 atom stereocenters. The first-order valence-electron chi connectivity index (χ1n) is 3.89. The summed E-state index contributed by atoms with van der Waals surface area (Å²) in [6.07, 6.45) is 1.03. The molecule has 5 heteroatoms. The van der Waals surface area contributed by atoms with Gasteiger partial charge in [0.15, 0.2) is 0 Å². The predicted octanol–water partition coefficient (Wildman–Crippen LogP) is 1.66. The largest absolute Gasteiger partial charge is 0.411 e. The monoisotopic (exact) mass is 196 g/mol. The first-order valence-corrected chi connectivity index (χ1v) is 3.89. The molecule has 0 radical (unpaired) electrons. The molecule has 74 valence electrons. The maximum atomic E-state index is 13.1. The van der Waals surface area contributed by atoms with E-state index in [1.54, 1.807) is 18.2 Å². The Hall–Kier alpha value is -1.91. The number of rotatable bonds is 3. The summed E-state index contributed by atoms with van der Waals surface area (Å²) in [5.74, 6) is -0.389. The Morgan fingerprint density at radius 3 is 2.64 bits per heavy atom. The zero-order valence-electron chi connectivity index (χ0n) is 7.26. The number of halogens is 1. The van der Waals surface area contributed by atoms with Crippen molar-refractivity contribution in [3.63, 3.8) is 0 Å². The van der Waals surface area contributed by atoms with Crippen LogP contribution < -0.4 is 0 Å². The molecule has 0 heterocycles. The summed E-state index contributed by atoms with van der Waals surface area (Å²) in [5.41, 5.74) is 0.456. The summed E-state index contributed by atoms with van der Waals surface area (Å²) in [4.78, 5) is 0. The van der Waals surface area contributed by atoms with E-state index < -0.39 is 0 Å². The van der Waals surface area contributed by atoms with Gasteiger partial charge in [0.05, 0.1) is 6.21 Å². The van der Waals surface area contributed by atoms with E-state index in [1.807, 2.05) is 0 Å². The lowest BCUT2D eigenvalue weighted by Crippen LogP contribution is -2.06. The zero-order valence-corrected chi connectivity index (χ0v) is 7.26. The Morgan fingerprint density at radius 1 is 1.36 bits per heavy atom. The van der Waals surface area contributed by atoms with Gasteiger partial charge in [-0.25, -0.2) is 4.39 Å². The summed E-state index contributed by atoms with van der Waals surface area (Å²) in [5, 5.41) is 22.2. The third-order valence-electron chi connectivity index (χ3n) is 1.66. The first-order chi connectivity index (χ1) is 6.77. The van der Waals surface area contributed by atoms with Crippen molar-refractivity contribution in [2.75, 3.05) is 0 Å². The molecule has 0 saturated heterocycles. The molecule has 1 aromatic carbocycles. The number of nitrogens with zero attached hydrogens (tertiary/aromatic N) is 2. The minimum absolute atomic E-state index is 0.0766. The van der Waals surface area contributed by atoms with Crippen LogP contribution in [0.3, 0.4) is 0 Å².